The summed E-state index contributed by atoms with van der Waals surface area (Å²) in [6, 6.07) is 16.9. The van der Waals surface area contributed by atoms with Crippen molar-refractivity contribution >= 4 is 39.8 Å². The van der Waals surface area contributed by atoms with E-state index < -0.39 is 11.7 Å². The molecule has 5 nitrogen and oxygen atoms in total. The molecule has 2 atom stereocenters. The number of carbonyl (C=O) groups is 1. The van der Waals surface area contributed by atoms with Gasteiger partial charge in [-0.3, -0.25) is 9.69 Å². The maximum Gasteiger partial charge on any atom is 0.417 e. The van der Waals surface area contributed by atoms with Crippen LogP contribution in [0.5, 0.6) is 0 Å². The number of hydrogen-bond donors (Lipinski definition) is 0. The van der Waals surface area contributed by atoms with Crippen LogP contribution in [0, 0.1) is 0 Å². The number of amides is 1. The van der Waals surface area contributed by atoms with Crippen LogP contribution in [0.1, 0.15) is 30.4 Å². The zero-order chi connectivity index (χ0) is 26.4. The number of pyridine rings is 1. The molecule has 2 unspecified atom stereocenters. The number of rotatable bonds is 4. The van der Waals surface area contributed by atoms with Crippen molar-refractivity contribution in [1.82, 2.24) is 14.8 Å². The van der Waals surface area contributed by atoms with Crippen molar-refractivity contribution < 1.29 is 18.0 Å². The van der Waals surface area contributed by atoms with E-state index in [9.17, 15) is 18.0 Å². The minimum Gasteiger partial charge on any atom is -0.347 e. The van der Waals surface area contributed by atoms with Crippen LogP contribution in [0.15, 0.2) is 60.7 Å². The van der Waals surface area contributed by atoms with Crippen LogP contribution in [0.3, 0.4) is 0 Å². The van der Waals surface area contributed by atoms with Crippen LogP contribution in [-0.2, 0) is 11.0 Å². The van der Waals surface area contributed by atoms with Crippen LogP contribution >= 0.6 is 11.6 Å². The van der Waals surface area contributed by atoms with Crippen molar-refractivity contribution in [3.63, 3.8) is 0 Å². The highest BCUT2D eigenvalue weighted by molar-refractivity contribution is 6.31. The van der Waals surface area contributed by atoms with E-state index in [2.05, 4.69) is 28.0 Å². The van der Waals surface area contributed by atoms with Gasteiger partial charge in [-0.15, -0.1) is 0 Å². The lowest BCUT2D eigenvalue weighted by atomic mass is 9.97. The Morgan fingerprint density at radius 1 is 1.03 bits per heavy atom. The molecule has 2 fully saturated rings. The first-order valence-corrected chi connectivity index (χ1v) is 13.3. The summed E-state index contributed by atoms with van der Waals surface area (Å²) < 4.78 is 39.8. The molecule has 2 saturated heterocycles. The summed E-state index contributed by atoms with van der Waals surface area (Å²) in [5, 5.41) is 0.823. The van der Waals surface area contributed by atoms with Crippen molar-refractivity contribution in [2.45, 2.75) is 37.5 Å². The van der Waals surface area contributed by atoms with Gasteiger partial charge in [0.05, 0.1) is 22.6 Å². The van der Waals surface area contributed by atoms with Crippen molar-refractivity contribution in [3.8, 4) is 0 Å². The number of para-hydroxylation sites is 1. The molecule has 2 bridgehead atoms. The largest absolute Gasteiger partial charge is 0.417 e. The normalized spacial score (nSPS) is 22.2. The number of fused-ring (bicyclic) bond motifs is 3. The number of halogens is 4. The first kappa shape index (κ1) is 25.2. The van der Waals surface area contributed by atoms with E-state index in [-0.39, 0.29) is 23.0 Å². The van der Waals surface area contributed by atoms with Gasteiger partial charge in [0.2, 0.25) is 5.91 Å². The third kappa shape index (κ3) is 4.87. The van der Waals surface area contributed by atoms with Crippen LogP contribution in [0.4, 0.5) is 19.0 Å². The second kappa shape index (κ2) is 9.89. The SMILES string of the molecule is O=C(CN1CC=C(c2ccc(Cl)c(C(F)(F)F)c2)CC1)N1CC2CCC(C1)N2c1ccc2ccccc2n1. The van der Waals surface area contributed by atoms with Crippen LogP contribution in [0.2, 0.25) is 5.02 Å². The molecule has 3 aliphatic heterocycles. The second-order valence-corrected chi connectivity index (χ2v) is 10.8. The van der Waals surface area contributed by atoms with E-state index in [0.29, 0.717) is 44.7 Å². The third-order valence-corrected chi connectivity index (χ3v) is 8.31. The summed E-state index contributed by atoms with van der Waals surface area (Å²) >= 11 is 5.77. The highest BCUT2D eigenvalue weighted by Gasteiger charge is 2.42. The highest BCUT2D eigenvalue weighted by atomic mass is 35.5. The fourth-order valence-corrected chi connectivity index (χ4v) is 6.25. The zero-order valence-electron chi connectivity index (χ0n) is 20.8. The monoisotopic (exact) mass is 540 g/mol. The Kier molecular flexibility index (Phi) is 6.56. The molecule has 3 aromatic rings. The van der Waals surface area contributed by atoms with Gasteiger partial charge in [-0.2, -0.15) is 13.2 Å². The lowest BCUT2D eigenvalue weighted by Crippen LogP contribution is -2.57. The predicted octanol–water partition coefficient (Wildman–Crippen LogP) is 5.88. The summed E-state index contributed by atoms with van der Waals surface area (Å²) in [7, 11) is 0. The second-order valence-electron chi connectivity index (χ2n) is 10.4. The van der Waals surface area contributed by atoms with E-state index in [1.165, 1.54) is 6.07 Å². The van der Waals surface area contributed by atoms with Gasteiger partial charge < -0.3 is 9.80 Å². The van der Waals surface area contributed by atoms with Gasteiger partial charge in [-0.05, 0) is 60.7 Å². The summed E-state index contributed by atoms with van der Waals surface area (Å²) in [5.74, 6) is 1.09. The van der Waals surface area contributed by atoms with Gasteiger partial charge >= 0.3 is 6.18 Å². The molecule has 4 heterocycles. The summed E-state index contributed by atoms with van der Waals surface area (Å²) in [6.07, 6.45) is 0.0974. The summed E-state index contributed by atoms with van der Waals surface area (Å²) in [5.41, 5.74) is 1.55. The molecule has 0 saturated carbocycles. The van der Waals surface area contributed by atoms with E-state index in [1.54, 1.807) is 6.07 Å². The lowest BCUT2D eigenvalue weighted by molar-refractivity contribution is -0.137. The minimum atomic E-state index is -4.49. The molecule has 3 aliphatic rings. The maximum atomic E-state index is 13.3. The predicted molar refractivity (Wildman–Crippen MR) is 143 cm³/mol. The Balaban J connectivity index is 1.08. The topological polar surface area (TPSA) is 39.7 Å². The molecule has 2 aromatic carbocycles. The van der Waals surface area contributed by atoms with Crippen molar-refractivity contribution in [2.24, 2.45) is 0 Å². The van der Waals surface area contributed by atoms with Crippen molar-refractivity contribution in [1.29, 1.82) is 0 Å². The number of benzene rings is 2. The molecule has 198 valence electrons. The number of aromatic nitrogens is 1. The molecule has 0 radical (unpaired) electrons. The Morgan fingerprint density at radius 3 is 2.50 bits per heavy atom. The first-order valence-electron chi connectivity index (χ1n) is 13.0. The van der Waals surface area contributed by atoms with Gasteiger partial charge in [0, 0.05) is 43.6 Å². The molecule has 0 N–H and O–H groups in total. The molecule has 38 heavy (non-hydrogen) atoms. The number of hydrogen-bond acceptors (Lipinski definition) is 4. The smallest absolute Gasteiger partial charge is 0.347 e. The number of nitrogens with zero attached hydrogens (tertiary/aromatic N) is 4. The van der Waals surface area contributed by atoms with E-state index in [0.717, 1.165) is 41.2 Å². The fourth-order valence-electron chi connectivity index (χ4n) is 6.03. The van der Waals surface area contributed by atoms with Crippen molar-refractivity contribution in [3.05, 3.63) is 76.8 Å². The number of piperazine rings is 1. The Bertz CT molecular complexity index is 1390. The van der Waals surface area contributed by atoms with E-state index in [4.69, 9.17) is 16.6 Å². The van der Waals surface area contributed by atoms with Gasteiger partial charge in [0.15, 0.2) is 0 Å². The molecular weight excluding hydrogens is 513 g/mol. The van der Waals surface area contributed by atoms with Gasteiger partial charge in [-0.1, -0.05) is 41.9 Å². The first-order chi connectivity index (χ1) is 18.3. The molecule has 1 amide bonds. The Labute approximate surface area is 224 Å². The molecule has 0 spiro atoms. The van der Waals surface area contributed by atoms with E-state index >= 15 is 0 Å². The zero-order valence-corrected chi connectivity index (χ0v) is 21.5. The quantitative estimate of drug-likeness (QED) is 0.414. The molecule has 6 rings (SSSR count). The van der Waals surface area contributed by atoms with Gasteiger partial charge in [0.1, 0.15) is 5.82 Å². The molecule has 0 aliphatic carbocycles. The molecule has 1 aromatic heterocycles. The Morgan fingerprint density at radius 2 is 1.79 bits per heavy atom. The van der Waals surface area contributed by atoms with Crippen molar-refractivity contribution in [2.75, 3.05) is 37.6 Å². The maximum absolute atomic E-state index is 13.3. The van der Waals surface area contributed by atoms with Gasteiger partial charge in [0.25, 0.3) is 0 Å². The highest BCUT2D eigenvalue weighted by Crippen LogP contribution is 2.37. The number of alkyl halides is 3. The standard InChI is InChI=1S/C29H28ClF3N4O/c30-25-9-5-21(15-24(25)29(31,32)33)19-11-13-35(14-12-19)18-28(38)36-16-22-7-8-23(17-36)37(22)27-10-6-20-3-1-2-4-26(20)34-27/h1-6,9-11,15,22-23H,7-8,12-14,16-18H2. The van der Waals surface area contributed by atoms with Crippen LogP contribution in [-0.4, -0.2) is 65.5 Å². The number of likely N-dealkylation sites (tertiary alicyclic amines) is 1. The lowest BCUT2D eigenvalue weighted by Gasteiger charge is -2.42. The fraction of sp³-hybridized carbons (Fsp3) is 0.379. The number of carbonyl (C=O) groups excluding carboxylic acids is 1. The third-order valence-electron chi connectivity index (χ3n) is 7.98. The van der Waals surface area contributed by atoms with E-state index in [1.807, 2.05) is 29.2 Å². The average molecular weight is 541 g/mol. The average Bonchev–Trinajstić information content (AvgIpc) is 3.17. The van der Waals surface area contributed by atoms with Crippen LogP contribution in [0.25, 0.3) is 16.5 Å². The van der Waals surface area contributed by atoms with Gasteiger partial charge in [-0.25, -0.2) is 4.98 Å². The summed E-state index contributed by atoms with van der Waals surface area (Å²) in [6.45, 7) is 2.83. The molecule has 9 heteroatoms. The Hall–Kier alpha value is -3.10. The van der Waals surface area contributed by atoms with Crippen LogP contribution < -0.4 is 4.90 Å². The summed E-state index contributed by atoms with van der Waals surface area (Å²) in [4.78, 5) is 24.6. The number of anilines is 1. The molecular formula is C29H28ClF3N4O. The minimum absolute atomic E-state index is 0.107.